The SMILES string of the molecule is Cc1ccc(SC(C)CC(C)(CO)NC(C)C)cc1C. The third-order valence-corrected chi connectivity index (χ3v) is 4.63. The molecule has 0 saturated heterocycles. The Morgan fingerprint density at radius 2 is 1.85 bits per heavy atom. The molecule has 1 rings (SSSR count). The lowest BCUT2D eigenvalue weighted by atomic mass is 9.96. The smallest absolute Gasteiger partial charge is 0.0611 e. The summed E-state index contributed by atoms with van der Waals surface area (Å²) in [6.07, 6.45) is 0.944. The highest BCUT2D eigenvalue weighted by Gasteiger charge is 2.26. The molecule has 2 N–H and O–H groups in total. The summed E-state index contributed by atoms with van der Waals surface area (Å²) in [6, 6.07) is 7.01. The van der Waals surface area contributed by atoms with Crippen molar-refractivity contribution in [3.8, 4) is 0 Å². The molecule has 2 nitrogen and oxygen atoms in total. The van der Waals surface area contributed by atoms with Crippen LogP contribution in [0.5, 0.6) is 0 Å². The molecule has 0 saturated carbocycles. The van der Waals surface area contributed by atoms with Crippen LogP contribution in [-0.4, -0.2) is 28.5 Å². The lowest BCUT2D eigenvalue weighted by Crippen LogP contribution is -2.50. The normalized spacial score (nSPS) is 16.2. The number of hydrogen-bond acceptors (Lipinski definition) is 3. The maximum absolute atomic E-state index is 9.66. The highest BCUT2D eigenvalue weighted by Crippen LogP contribution is 2.30. The molecule has 0 heterocycles. The average molecular weight is 295 g/mol. The van der Waals surface area contributed by atoms with E-state index in [0.717, 1.165) is 6.42 Å². The van der Waals surface area contributed by atoms with E-state index in [1.807, 2.05) is 11.8 Å². The highest BCUT2D eigenvalue weighted by molar-refractivity contribution is 7.99. The second kappa shape index (κ2) is 7.48. The van der Waals surface area contributed by atoms with E-state index in [2.05, 4.69) is 65.1 Å². The first-order valence-corrected chi connectivity index (χ1v) is 8.26. The van der Waals surface area contributed by atoms with Gasteiger partial charge in [-0.05, 0) is 50.5 Å². The van der Waals surface area contributed by atoms with Crippen LogP contribution in [-0.2, 0) is 0 Å². The molecule has 2 atom stereocenters. The van der Waals surface area contributed by atoms with Crippen LogP contribution in [0.4, 0.5) is 0 Å². The number of hydrogen-bond donors (Lipinski definition) is 2. The molecule has 3 heteroatoms. The van der Waals surface area contributed by atoms with Gasteiger partial charge in [0.15, 0.2) is 0 Å². The molecule has 0 amide bonds. The predicted octanol–water partition coefficient (Wildman–Crippen LogP) is 3.92. The predicted molar refractivity (Wildman–Crippen MR) is 89.6 cm³/mol. The van der Waals surface area contributed by atoms with E-state index in [1.54, 1.807) is 0 Å². The zero-order valence-corrected chi connectivity index (χ0v) is 14.5. The van der Waals surface area contributed by atoms with E-state index in [0.29, 0.717) is 11.3 Å². The summed E-state index contributed by atoms with van der Waals surface area (Å²) in [5.74, 6) is 0. The Morgan fingerprint density at radius 1 is 1.20 bits per heavy atom. The van der Waals surface area contributed by atoms with Gasteiger partial charge in [-0.15, -0.1) is 11.8 Å². The van der Waals surface area contributed by atoms with Crippen molar-refractivity contribution < 1.29 is 5.11 Å². The third-order valence-electron chi connectivity index (χ3n) is 3.54. The monoisotopic (exact) mass is 295 g/mol. The standard InChI is InChI=1S/C17H29NOS/c1-12(2)18-17(6,11-19)10-15(5)20-16-8-7-13(3)14(4)9-16/h7-9,12,15,18-19H,10-11H2,1-6H3. The van der Waals surface area contributed by atoms with Crippen molar-refractivity contribution in [2.75, 3.05) is 6.61 Å². The van der Waals surface area contributed by atoms with Crippen molar-refractivity contribution in [2.45, 2.75) is 69.7 Å². The van der Waals surface area contributed by atoms with Crippen LogP contribution in [0.25, 0.3) is 0 Å². The lowest BCUT2D eigenvalue weighted by molar-refractivity contribution is 0.157. The summed E-state index contributed by atoms with van der Waals surface area (Å²) in [4.78, 5) is 1.31. The number of benzene rings is 1. The van der Waals surface area contributed by atoms with Crippen molar-refractivity contribution in [1.29, 1.82) is 0 Å². The van der Waals surface area contributed by atoms with Crippen LogP contribution in [0.3, 0.4) is 0 Å². The summed E-state index contributed by atoms with van der Waals surface area (Å²) in [6.45, 7) is 13.0. The zero-order chi connectivity index (χ0) is 15.3. The molecule has 0 aliphatic rings. The first-order chi connectivity index (χ1) is 9.25. The Kier molecular flexibility index (Phi) is 6.56. The van der Waals surface area contributed by atoms with Crippen molar-refractivity contribution in [2.24, 2.45) is 0 Å². The van der Waals surface area contributed by atoms with Gasteiger partial charge in [0.2, 0.25) is 0 Å². The number of thioether (sulfide) groups is 1. The minimum absolute atomic E-state index is 0.170. The van der Waals surface area contributed by atoms with Gasteiger partial charge in [0.25, 0.3) is 0 Å². The van der Waals surface area contributed by atoms with Gasteiger partial charge >= 0.3 is 0 Å². The Hall–Kier alpha value is -0.510. The summed E-state index contributed by atoms with van der Waals surface area (Å²) in [7, 11) is 0. The first kappa shape index (κ1) is 17.5. The molecule has 20 heavy (non-hydrogen) atoms. The maximum Gasteiger partial charge on any atom is 0.0611 e. The largest absolute Gasteiger partial charge is 0.394 e. The van der Waals surface area contributed by atoms with Crippen LogP contribution >= 0.6 is 11.8 Å². The maximum atomic E-state index is 9.66. The van der Waals surface area contributed by atoms with Crippen molar-refractivity contribution >= 4 is 11.8 Å². The molecular weight excluding hydrogens is 266 g/mol. The second-order valence-corrected chi connectivity index (χ2v) is 7.91. The van der Waals surface area contributed by atoms with Gasteiger partial charge in [0.05, 0.1) is 6.61 Å². The van der Waals surface area contributed by atoms with Gasteiger partial charge in [0, 0.05) is 21.7 Å². The summed E-state index contributed by atoms with van der Waals surface area (Å²) >= 11 is 1.88. The number of nitrogens with one attached hydrogen (secondary N) is 1. The molecule has 114 valence electrons. The molecule has 0 aliphatic carbocycles. The van der Waals surface area contributed by atoms with Gasteiger partial charge in [-0.25, -0.2) is 0 Å². The van der Waals surface area contributed by atoms with E-state index in [4.69, 9.17) is 0 Å². The minimum atomic E-state index is -0.208. The number of aryl methyl sites for hydroxylation is 2. The molecule has 1 aromatic carbocycles. The fraction of sp³-hybridized carbons (Fsp3) is 0.647. The van der Waals surface area contributed by atoms with Crippen molar-refractivity contribution in [1.82, 2.24) is 5.32 Å². The first-order valence-electron chi connectivity index (χ1n) is 7.38. The van der Waals surface area contributed by atoms with E-state index < -0.39 is 0 Å². The molecule has 0 aliphatic heterocycles. The van der Waals surface area contributed by atoms with Crippen molar-refractivity contribution in [3.05, 3.63) is 29.3 Å². The Bertz CT molecular complexity index is 433. The van der Waals surface area contributed by atoms with Gasteiger partial charge in [-0.1, -0.05) is 26.8 Å². The molecule has 0 radical (unpaired) electrons. The third kappa shape index (κ3) is 5.47. The molecule has 0 spiro atoms. The zero-order valence-electron chi connectivity index (χ0n) is 13.7. The molecule has 0 aromatic heterocycles. The van der Waals surface area contributed by atoms with Gasteiger partial charge in [-0.2, -0.15) is 0 Å². The van der Waals surface area contributed by atoms with Gasteiger partial charge < -0.3 is 10.4 Å². The Morgan fingerprint density at radius 3 is 2.35 bits per heavy atom. The van der Waals surface area contributed by atoms with Crippen LogP contribution in [0.1, 0.15) is 45.2 Å². The van der Waals surface area contributed by atoms with E-state index >= 15 is 0 Å². The Labute approximate surface area is 128 Å². The van der Waals surface area contributed by atoms with Gasteiger partial charge in [-0.3, -0.25) is 0 Å². The van der Waals surface area contributed by atoms with Gasteiger partial charge in [0.1, 0.15) is 0 Å². The minimum Gasteiger partial charge on any atom is -0.394 e. The number of rotatable bonds is 7. The van der Waals surface area contributed by atoms with E-state index in [-0.39, 0.29) is 12.1 Å². The highest BCUT2D eigenvalue weighted by atomic mass is 32.2. The van der Waals surface area contributed by atoms with E-state index in [1.165, 1.54) is 16.0 Å². The van der Waals surface area contributed by atoms with Crippen molar-refractivity contribution in [3.63, 3.8) is 0 Å². The van der Waals surface area contributed by atoms with Crippen LogP contribution < -0.4 is 5.32 Å². The number of aliphatic hydroxyl groups excluding tert-OH is 1. The fourth-order valence-electron chi connectivity index (χ4n) is 2.56. The molecular formula is C17H29NOS. The number of aliphatic hydroxyl groups is 1. The molecule has 1 aromatic rings. The van der Waals surface area contributed by atoms with Crippen LogP contribution in [0, 0.1) is 13.8 Å². The molecule has 0 bridgehead atoms. The topological polar surface area (TPSA) is 32.3 Å². The molecule has 0 fully saturated rings. The summed E-state index contributed by atoms with van der Waals surface area (Å²) < 4.78 is 0. The quantitative estimate of drug-likeness (QED) is 0.748. The average Bonchev–Trinajstić information content (AvgIpc) is 2.32. The van der Waals surface area contributed by atoms with Crippen LogP contribution in [0.2, 0.25) is 0 Å². The summed E-state index contributed by atoms with van der Waals surface area (Å²) in [5.41, 5.74) is 2.47. The summed E-state index contributed by atoms with van der Waals surface area (Å²) in [5, 5.41) is 13.6. The van der Waals surface area contributed by atoms with Crippen LogP contribution in [0.15, 0.2) is 23.1 Å². The Balaban J connectivity index is 2.65. The fourth-order valence-corrected chi connectivity index (χ4v) is 3.87. The molecule has 2 unspecified atom stereocenters. The second-order valence-electron chi connectivity index (χ2n) is 6.40. The van der Waals surface area contributed by atoms with E-state index in [9.17, 15) is 5.11 Å². The lowest BCUT2D eigenvalue weighted by Gasteiger charge is -2.33.